The summed E-state index contributed by atoms with van der Waals surface area (Å²) < 4.78 is 20.7. The first-order valence-corrected chi connectivity index (χ1v) is 11.6. The number of ether oxygens (including phenoxy) is 1. The number of amides is 1. The van der Waals surface area contributed by atoms with E-state index in [-0.39, 0.29) is 6.04 Å². The number of aromatic nitrogens is 1. The molecule has 0 aliphatic heterocycles. The topological polar surface area (TPSA) is 80.3 Å². The maximum Gasteiger partial charge on any atom is 0.413 e. The number of carbonyl (C=O) groups is 1. The SMILES string of the molecule is CC.CC(C)(C)OC(=O)Nc1ncc(C(N[S@](=O)C(C)(C)C)c2ccccc2)s1. The number of hydrogen-bond donors (Lipinski definition) is 2. The minimum atomic E-state index is -1.27. The fourth-order valence-electron chi connectivity index (χ4n) is 2.09. The Morgan fingerprint density at radius 3 is 2.21 bits per heavy atom. The van der Waals surface area contributed by atoms with Crippen molar-refractivity contribution in [3.63, 3.8) is 0 Å². The molecular formula is C21H33N3O3S2. The van der Waals surface area contributed by atoms with Crippen LogP contribution in [0.4, 0.5) is 9.93 Å². The van der Waals surface area contributed by atoms with Crippen LogP contribution in [0, 0.1) is 0 Å². The van der Waals surface area contributed by atoms with E-state index in [1.165, 1.54) is 11.3 Å². The predicted molar refractivity (Wildman–Crippen MR) is 123 cm³/mol. The summed E-state index contributed by atoms with van der Waals surface area (Å²) >= 11 is 1.32. The van der Waals surface area contributed by atoms with E-state index in [2.05, 4.69) is 15.0 Å². The van der Waals surface area contributed by atoms with Gasteiger partial charge in [0.25, 0.3) is 0 Å². The number of carbonyl (C=O) groups excluding carboxylic acids is 1. The highest BCUT2D eigenvalue weighted by atomic mass is 32.2. The molecule has 8 heteroatoms. The van der Waals surface area contributed by atoms with Gasteiger partial charge in [-0.25, -0.2) is 18.7 Å². The number of rotatable bonds is 5. The van der Waals surface area contributed by atoms with E-state index in [0.717, 1.165) is 10.4 Å². The highest BCUT2D eigenvalue weighted by Gasteiger charge is 2.26. The zero-order chi connectivity index (χ0) is 22.2. The van der Waals surface area contributed by atoms with Gasteiger partial charge in [0, 0.05) is 11.1 Å². The fourth-order valence-corrected chi connectivity index (χ4v) is 3.88. The molecule has 1 heterocycles. The van der Waals surface area contributed by atoms with E-state index in [4.69, 9.17) is 4.74 Å². The van der Waals surface area contributed by atoms with Crippen LogP contribution in [0.15, 0.2) is 36.5 Å². The van der Waals surface area contributed by atoms with E-state index in [1.807, 2.05) is 65.0 Å². The van der Waals surface area contributed by atoms with Gasteiger partial charge >= 0.3 is 6.09 Å². The molecule has 2 atom stereocenters. The van der Waals surface area contributed by atoms with Gasteiger partial charge in [-0.3, -0.25) is 5.32 Å². The van der Waals surface area contributed by atoms with Crippen LogP contribution in [0.3, 0.4) is 0 Å². The molecule has 2 rings (SSSR count). The quantitative estimate of drug-likeness (QED) is 0.630. The van der Waals surface area contributed by atoms with Gasteiger partial charge in [0.15, 0.2) is 5.13 Å². The molecule has 1 aromatic heterocycles. The van der Waals surface area contributed by atoms with Gasteiger partial charge in [-0.1, -0.05) is 55.5 Å². The smallest absolute Gasteiger partial charge is 0.413 e. The summed E-state index contributed by atoms with van der Waals surface area (Å²) in [5.41, 5.74) is 0.393. The van der Waals surface area contributed by atoms with Crippen molar-refractivity contribution in [2.24, 2.45) is 0 Å². The second-order valence-electron chi connectivity index (χ2n) is 8.04. The number of nitrogens with one attached hydrogen (secondary N) is 2. The van der Waals surface area contributed by atoms with Crippen LogP contribution in [0.5, 0.6) is 0 Å². The molecule has 1 amide bonds. The van der Waals surface area contributed by atoms with Gasteiger partial charge in [-0.05, 0) is 47.1 Å². The third-order valence-electron chi connectivity index (χ3n) is 3.33. The molecule has 29 heavy (non-hydrogen) atoms. The Morgan fingerprint density at radius 1 is 1.10 bits per heavy atom. The molecule has 0 fully saturated rings. The molecule has 0 spiro atoms. The molecule has 0 saturated heterocycles. The monoisotopic (exact) mass is 439 g/mol. The number of anilines is 1. The van der Waals surface area contributed by atoms with E-state index >= 15 is 0 Å². The van der Waals surface area contributed by atoms with Crippen molar-refractivity contribution in [1.29, 1.82) is 0 Å². The van der Waals surface area contributed by atoms with Crippen LogP contribution in [-0.4, -0.2) is 25.6 Å². The van der Waals surface area contributed by atoms with Crippen molar-refractivity contribution in [2.45, 2.75) is 71.8 Å². The first kappa shape index (κ1) is 25.3. The minimum Gasteiger partial charge on any atom is -0.444 e. The standard InChI is InChI=1S/C19H27N3O3S2.C2H6/c1-18(2,3)25-17(23)21-16-20-12-14(26-16)15(13-10-8-7-9-11-13)22-27(24)19(4,5)6;1-2/h7-12,15,22H,1-6H3,(H,20,21,23);1-2H3/t15?,27-;/m1./s1. The predicted octanol–water partition coefficient (Wildman–Crippen LogP) is 5.66. The number of benzene rings is 1. The highest BCUT2D eigenvalue weighted by molar-refractivity contribution is 7.84. The molecule has 2 N–H and O–H groups in total. The summed E-state index contributed by atoms with van der Waals surface area (Å²) in [4.78, 5) is 17.1. The molecule has 0 radical (unpaired) electrons. The first-order valence-electron chi connectivity index (χ1n) is 9.64. The normalized spacial score (nSPS) is 13.7. The third kappa shape index (κ3) is 8.64. The Morgan fingerprint density at radius 2 is 1.69 bits per heavy atom. The van der Waals surface area contributed by atoms with Gasteiger partial charge in [0.1, 0.15) is 5.60 Å². The van der Waals surface area contributed by atoms with Crippen LogP contribution in [-0.2, 0) is 15.7 Å². The van der Waals surface area contributed by atoms with E-state index in [0.29, 0.717) is 5.13 Å². The molecule has 1 aromatic carbocycles. The van der Waals surface area contributed by atoms with E-state index < -0.39 is 27.4 Å². The molecule has 162 valence electrons. The molecule has 0 aliphatic rings. The molecule has 0 saturated carbocycles. The molecule has 1 unspecified atom stereocenters. The largest absolute Gasteiger partial charge is 0.444 e. The Kier molecular flexibility index (Phi) is 9.45. The summed E-state index contributed by atoms with van der Waals surface area (Å²) in [5.74, 6) is 0. The summed E-state index contributed by atoms with van der Waals surface area (Å²) in [6, 6.07) is 9.45. The maximum absolute atomic E-state index is 12.7. The first-order chi connectivity index (χ1) is 13.5. The molecular weight excluding hydrogens is 406 g/mol. The van der Waals surface area contributed by atoms with Gasteiger partial charge < -0.3 is 4.74 Å². The Balaban J connectivity index is 0.00000204. The summed E-state index contributed by atoms with van der Waals surface area (Å²) in [6.45, 7) is 15.2. The van der Waals surface area contributed by atoms with Gasteiger partial charge in [0.2, 0.25) is 0 Å². The van der Waals surface area contributed by atoms with Crippen molar-refractivity contribution < 1.29 is 13.7 Å². The van der Waals surface area contributed by atoms with Crippen molar-refractivity contribution in [3.05, 3.63) is 47.0 Å². The van der Waals surface area contributed by atoms with Crippen LogP contribution >= 0.6 is 11.3 Å². The average Bonchev–Trinajstić information content (AvgIpc) is 3.07. The Labute approximate surface area is 181 Å². The van der Waals surface area contributed by atoms with Crippen molar-refractivity contribution in [1.82, 2.24) is 9.71 Å². The van der Waals surface area contributed by atoms with E-state index in [9.17, 15) is 9.00 Å². The lowest BCUT2D eigenvalue weighted by atomic mass is 10.1. The second-order valence-corrected chi connectivity index (χ2v) is 11.1. The molecule has 0 bridgehead atoms. The van der Waals surface area contributed by atoms with Crippen molar-refractivity contribution in [2.75, 3.05) is 5.32 Å². The maximum atomic E-state index is 12.7. The fraction of sp³-hybridized carbons (Fsp3) is 0.524. The van der Waals surface area contributed by atoms with Gasteiger partial charge in [-0.2, -0.15) is 0 Å². The number of nitrogens with zero attached hydrogens (tertiary/aromatic N) is 1. The lowest BCUT2D eigenvalue weighted by Crippen LogP contribution is -2.35. The lowest BCUT2D eigenvalue weighted by Gasteiger charge is -2.23. The second kappa shape index (κ2) is 10.8. The Bertz CT molecular complexity index is 793. The minimum absolute atomic E-state index is 0.294. The zero-order valence-electron chi connectivity index (χ0n) is 18.5. The highest BCUT2D eigenvalue weighted by Crippen LogP contribution is 2.31. The summed E-state index contributed by atoms with van der Waals surface area (Å²) in [5, 5.41) is 3.09. The van der Waals surface area contributed by atoms with Gasteiger partial charge in [0.05, 0.1) is 21.8 Å². The Hall–Kier alpha value is -1.77. The molecule has 6 nitrogen and oxygen atoms in total. The molecule has 0 aliphatic carbocycles. The summed E-state index contributed by atoms with van der Waals surface area (Å²) in [7, 11) is -1.27. The number of thiazole rings is 1. The van der Waals surface area contributed by atoms with E-state index in [1.54, 1.807) is 27.0 Å². The lowest BCUT2D eigenvalue weighted by molar-refractivity contribution is 0.0636. The summed E-state index contributed by atoms with van der Waals surface area (Å²) in [6.07, 6.45) is 1.13. The third-order valence-corrected chi connectivity index (χ3v) is 5.87. The number of hydrogen-bond acceptors (Lipinski definition) is 5. The van der Waals surface area contributed by atoms with Gasteiger partial charge in [-0.15, -0.1) is 0 Å². The molecule has 2 aromatic rings. The van der Waals surface area contributed by atoms with Crippen LogP contribution in [0.2, 0.25) is 0 Å². The van der Waals surface area contributed by atoms with Crippen LogP contribution in [0.25, 0.3) is 0 Å². The zero-order valence-corrected chi connectivity index (χ0v) is 20.2. The van der Waals surface area contributed by atoms with Crippen molar-refractivity contribution in [3.8, 4) is 0 Å². The van der Waals surface area contributed by atoms with Crippen LogP contribution < -0.4 is 10.0 Å². The van der Waals surface area contributed by atoms with Crippen LogP contribution in [0.1, 0.15) is 71.9 Å². The van der Waals surface area contributed by atoms with Crippen molar-refractivity contribution >= 4 is 33.5 Å². The average molecular weight is 440 g/mol.